The van der Waals surface area contributed by atoms with Gasteiger partial charge in [0.15, 0.2) is 0 Å². The van der Waals surface area contributed by atoms with Gasteiger partial charge in [-0.3, -0.25) is 0 Å². The second-order valence-corrected chi connectivity index (χ2v) is 4.94. The molecule has 0 radical (unpaired) electrons. The van der Waals surface area contributed by atoms with E-state index in [1.807, 2.05) is 12.1 Å². The number of aliphatic hydroxyl groups is 1. The molecule has 3 N–H and O–H groups in total. The van der Waals surface area contributed by atoms with Crippen molar-refractivity contribution in [2.75, 3.05) is 6.61 Å². The number of rotatable bonds is 5. The Morgan fingerprint density at radius 1 is 1.31 bits per heavy atom. The monoisotopic (exact) mass is 285 g/mol. The predicted molar refractivity (Wildman–Crippen MR) is 71.5 cm³/mol. The van der Waals surface area contributed by atoms with Gasteiger partial charge in [-0.2, -0.15) is 0 Å². The summed E-state index contributed by atoms with van der Waals surface area (Å²) in [6.07, 6.45) is 2.28. The fourth-order valence-electron chi connectivity index (χ4n) is 1.94. The zero-order valence-corrected chi connectivity index (χ0v) is 11.5. The Bertz CT molecular complexity index is 337. The molecule has 0 aliphatic rings. The Balaban J connectivity index is 2.99. The van der Waals surface area contributed by atoms with Crippen molar-refractivity contribution in [3.05, 3.63) is 33.8 Å². The number of aliphatic hydroxyl groups excluding tert-OH is 1. The van der Waals surface area contributed by atoms with Gasteiger partial charge < -0.3 is 10.8 Å². The lowest BCUT2D eigenvalue weighted by atomic mass is 9.92. The summed E-state index contributed by atoms with van der Waals surface area (Å²) in [6.45, 7) is 4.39. The van der Waals surface area contributed by atoms with Crippen LogP contribution in [-0.4, -0.2) is 11.7 Å². The lowest BCUT2D eigenvalue weighted by Crippen LogP contribution is -2.14. The first-order chi connectivity index (χ1) is 7.63. The number of hydrogen-bond acceptors (Lipinski definition) is 2. The zero-order chi connectivity index (χ0) is 12.1. The van der Waals surface area contributed by atoms with Crippen LogP contribution in [0.1, 0.15) is 49.8 Å². The third kappa shape index (κ3) is 3.06. The first-order valence-electron chi connectivity index (χ1n) is 5.79. The Hall–Kier alpha value is -0.380. The maximum atomic E-state index is 9.01. The minimum Gasteiger partial charge on any atom is -0.394 e. The summed E-state index contributed by atoms with van der Waals surface area (Å²) >= 11 is 3.59. The third-order valence-electron chi connectivity index (χ3n) is 3.07. The molecule has 1 rings (SSSR count). The molecule has 0 saturated heterocycles. The number of benzene rings is 1. The van der Waals surface area contributed by atoms with Crippen LogP contribution in [0, 0.1) is 0 Å². The molecule has 1 aromatic rings. The zero-order valence-electron chi connectivity index (χ0n) is 9.91. The van der Waals surface area contributed by atoms with Crippen LogP contribution < -0.4 is 5.73 Å². The highest BCUT2D eigenvalue weighted by Gasteiger charge is 2.12. The van der Waals surface area contributed by atoms with Gasteiger partial charge in [0.2, 0.25) is 0 Å². The maximum absolute atomic E-state index is 9.01. The van der Waals surface area contributed by atoms with Crippen LogP contribution in [0.15, 0.2) is 22.7 Å². The van der Waals surface area contributed by atoms with E-state index in [1.54, 1.807) is 0 Å². The van der Waals surface area contributed by atoms with Crippen molar-refractivity contribution in [3.63, 3.8) is 0 Å². The fraction of sp³-hybridized carbons (Fsp3) is 0.538. The minimum atomic E-state index is -0.285. The van der Waals surface area contributed by atoms with Crippen molar-refractivity contribution >= 4 is 15.9 Å². The van der Waals surface area contributed by atoms with Gasteiger partial charge in [-0.05, 0) is 36.0 Å². The SMILES string of the molecule is CCC(CC)c1ccc(C(N)CO)cc1Br. The van der Waals surface area contributed by atoms with Crippen molar-refractivity contribution in [3.8, 4) is 0 Å². The number of nitrogens with two attached hydrogens (primary N) is 1. The smallest absolute Gasteiger partial charge is 0.0624 e. The summed E-state index contributed by atoms with van der Waals surface area (Å²) in [6, 6.07) is 5.87. The summed E-state index contributed by atoms with van der Waals surface area (Å²) in [4.78, 5) is 0. The Labute approximate surface area is 106 Å². The summed E-state index contributed by atoms with van der Waals surface area (Å²) in [5.74, 6) is 0.591. The Morgan fingerprint density at radius 2 is 1.94 bits per heavy atom. The molecule has 0 aromatic heterocycles. The van der Waals surface area contributed by atoms with E-state index in [0.717, 1.165) is 22.9 Å². The number of hydrogen-bond donors (Lipinski definition) is 2. The van der Waals surface area contributed by atoms with Crippen molar-refractivity contribution in [1.29, 1.82) is 0 Å². The predicted octanol–water partition coefficient (Wildman–Crippen LogP) is 3.34. The van der Waals surface area contributed by atoms with E-state index >= 15 is 0 Å². The first kappa shape index (κ1) is 13.7. The van der Waals surface area contributed by atoms with Crippen molar-refractivity contribution in [2.45, 2.75) is 38.6 Å². The van der Waals surface area contributed by atoms with Gasteiger partial charge in [0.1, 0.15) is 0 Å². The van der Waals surface area contributed by atoms with Crippen LogP contribution in [0.5, 0.6) is 0 Å². The average Bonchev–Trinajstić information content (AvgIpc) is 2.31. The Kier molecular flexibility index (Phi) is 5.46. The lowest BCUT2D eigenvalue weighted by molar-refractivity contribution is 0.268. The summed E-state index contributed by atoms with van der Waals surface area (Å²) in [7, 11) is 0. The van der Waals surface area contributed by atoms with Gasteiger partial charge in [-0.25, -0.2) is 0 Å². The van der Waals surface area contributed by atoms with Gasteiger partial charge in [-0.1, -0.05) is 41.9 Å². The molecule has 0 spiro atoms. The second-order valence-electron chi connectivity index (χ2n) is 4.08. The first-order valence-corrected chi connectivity index (χ1v) is 6.59. The normalized spacial score (nSPS) is 13.1. The van der Waals surface area contributed by atoms with Gasteiger partial charge in [-0.15, -0.1) is 0 Å². The van der Waals surface area contributed by atoms with Crippen molar-refractivity contribution < 1.29 is 5.11 Å². The second kappa shape index (κ2) is 6.38. The standard InChI is InChI=1S/C13H20BrNO/c1-3-9(4-2)11-6-5-10(7-12(11)14)13(15)8-16/h5-7,9,13,16H,3-4,8,15H2,1-2H3. The lowest BCUT2D eigenvalue weighted by Gasteiger charge is -2.17. The van der Waals surface area contributed by atoms with Crippen LogP contribution in [0.4, 0.5) is 0 Å². The highest BCUT2D eigenvalue weighted by atomic mass is 79.9. The molecule has 3 heteroatoms. The van der Waals surface area contributed by atoms with E-state index in [4.69, 9.17) is 10.8 Å². The molecule has 0 saturated carbocycles. The quantitative estimate of drug-likeness (QED) is 0.872. The molecule has 1 atom stereocenters. The van der Waals surface area contributed by atoms with Crippen LogP contribution in [0.25, 0.3) is 0 Å². The fourth-order valence-corrected chi connectivity index (χ4v) is 2.66. The third-order valence-corrected chi connectivity index (χ3v) is 3.76. The van der Waals surface area contributed by atoms with Crippen LogP contribution in [0.3, 0.4) is 0 Å². The average molecular weight is 286 g/mol. The highest BCUT2D eigenvalue weighted by molar-refractivity contribution is 9.10. The van der Waals surface area contributed by atoms with Crippen LogP contribution in [-0.2, 0) is 0 Å². The molecule has 16 heavy (non-hydrogen) atoms. The summed E-state index contributed by atoms with van der Waals surface area (Å²) < 4.78 is 1.10. The van der Waals surface area contributed by atoms with E-state index in [0.29, 0.717) is 5.92 Å². The number of halogens is 1. The van der Waals surface area contributed by atoms with E-state index < -0.39 is 0 Å². The van der Waals surface area contributed by atoms with Crippen LogP contribution >= 0.6 is 15.9 Å². The van der Waals surface area contributed by atoms with E-state index in [1.165, 1.54) is 5.56 Å². The maximum Gasteiger partial charge on any atom is 0.0624 e. The molecule has 90 valence electrons. The molecule has 0 aliphatic carbocycles. The summed E-state index contributed by atoms with van der Waals surface area (Å²) in [5.41, 5.74) is 8.09. The molecule has 0 aliphatic heterocycles. The molecule has 0 bridgehead atoms. The molecular formula is C13H20BrNO. The molecule has 0 amide bonds. The van der Waals surface area contributed by atoms with E-state index in [2.05, 4.69) is 35.8 Å². The molecule has 1 unspecified atom stereocenters. The molecule has 0 fully saturated rings. The van der Waals surface area contributed by atoms with Gasteiger partial charge in [0.25, 0.3) is 0 Å². The topological polar surface area (TPSA) is 46.2 Å². The minimum absolute atomic E-state index is 0.0171. The largest absolute Gasteiger partial charge is 0.394 e. The van der Waals surface area contributed by atoms with Crippen molar-refractivity contribution in [1.82, 2.24) is 0 Å². The molecule has 1 aromatic carbocycles. The molecular weight excluding hydrogens is 266 g/mol. The van der Waals surface area contributed by atoms with E-state index in [9.17, 15) is 0 Å². The molecule has 0 heterocycles. The van der Waals surface area contributed by atoms with Gasteiger partial charge in [0.05, 0.1) is 12.6 Å². The van der Waals surface area contributed by atoms with Crippen molar-refractivity contribution in [2.24, 2.45) is 5.73 Å². The highest BCUT2D eigenvalue weighted by Crippen LogP contribution is 2.31. The van der Waals surface area contributed by atoms with Gasteiger partial charge >= 0.3 is 0 Å². The van der Waals surface area contributed by atoms with E-state index in [-0.39, 0.29) is 12.6 Å². The Morgan fingerprint density at radius 3 is 2.38 bits per heavy atom. The van der Waals surface area contributed by atoms with Gasteiger partial charge in [0, 0.05) is 4.47 Å². The van der Waals surface area contributed by atoms with Crippen LogP contribution in [0.2, 0.25) is 0 Å². The summed E-state index contributed by atoms with van der Waals surface area (Å²) in [5, 5.41) is 9.01. The molecule has 2 nitrogen and oxygen atoms in total.